The number of nitrogens with zero attached hydrogens (tertiary/aromatic N) is 1. The number of para-hydroxylation sites is 2. The van der Waals surface area contributed by atoms with Gasteiger partial charge in [-0.2, -0.15) is 0 Å². The lowest BCUT2D eigenvalue weighted by molar-refractivity contribution is -0.128. The summed E-state index contributed by atoms with van der Waals surface area (Å²) in [6.45, 7) is 6.96. The van der Waals surface area contributed by atoms with Crippen LogP contribution in [0.25, 0.3) is 11.0 Å². The molecule has 1 aromatic heterocycles. The molecule has 0 saturated carbocycles. The molecule has 1 atom stereocenters. The number of carbonyl (C=O) groups excluding carboxylic acids is 1. The largest absolute Gasteiger partial charge is 0.477 e. The Balaban J connectivity index is 1.67. The van der Waals surface area contributed by atoms with Gasteiger partial charge in [0.15, 0.2) is 6.10 Å². The lowest BCUT2D eigenvalue weighted by Gasteiger charge is -2.36. The Morgan fingerprint density at radius 2 is 1.94 bits per heavy atom. The Kier molecular flexibility index (Phi) is 5.98. The van der Waals surface area contributed by atoms with Crippen LogP contribution in [0.2, 0.25) is 0 Å². The van der Waals surface area contributed by atoms with Crippen molar-refractivity contribution in [2.24, 2.45) is 0 Å². The van der Waals surface area contributed by atoms with E-state index in [1.165, 1.54) is 6.07 Å². The van der Waals surface area contributed by atoms with Crippen molar-refractivity contribution in [1.29, 1.82) is 0 Å². The van der Waals surface area contributed by atoms with Crippen LogP contribution in [-0.4, -0.2) is 24.6 Å². The number of hydrogen-bond acceptors (Lipinski definition) is 5. The van der Waals surface area contributed by atoms with Gasteiger partial charge in [0.1, 0.15) is 11.3 Å². The molecule has 1 amide bonds. The number of fused-ring (bicyclic) bond motifs is 2. The molecular formula is C25H28N2O4. The van der Waals surface area contributed by atoms with E-state index in [0.29, 0.717) is 24.4 Å². The zero-order chi connectivity index (χ0) is 22.0. The maximum atomic E-state index is 12.9. The number of benzene rings is 2. The monoisotopic (exact) mass is 420 g/mol. The van der Waals surface area contributed by atoms with Crippen molar-refractivity contribution in [3.8, 4) is 5.75 Å². The molecule has 0 radical (unpaired) electrons. The third-order valence-electron chi connectivity index (χ3n) is 5.83. The molecule has 0 aliphatic carbocycles. The molecule has 4 rings (SSSR count). The van der Waals surface area contributed by atoms with Crippen LogP contribution in [0.1, 0.15) is 37.8 Å². The maximum Gasteiger partial charge on any atom is 0.336 e. The molecular weight excluding hydrogens is 392 g/mol. The summed E-state index contributed by atoms with van der Waals surface area (Å²) in [7, 11) is 0. The highest BCUT2D eigenvalue weighted by Crippen LogP contribution is 2.35. The Bertz CT molecular complexity index is 1150. The van der Waals surface area contributed by atoms with Gasteiger partial charge in [0, 0.05) is 24.0 Å². The van der Waals surface area contributed by atoms with Crippen LogP contribution in [0.4, 0.5) is 5.69 Å². The van der Waals surface area contributed by atoms with E-state index in [4.69, 9.17) is 9.15 Å². The molecule has 31 heavy (non-hydrogen) atoms. The van der Waals surface area contributed by atoms with Gasteiger partial charge in [0.05, 0.1) is 12.2 Å². The summed E-state index contributed by atoms with van der Waals surface area (Å²) in [5.74, 6) is 0.558. The normalized spacial score (nSPS) is 15.6. The molecule has 1 aliphatic rings. The van der Waals surface area contributed by atoms with E-state index >= 15 is 0 Å². The molecule has 0 saturated heterocycles. The van der Waals surface area contributed by atoms with E-state index in [1.54, 1.807) is 0 Å². The van der Waals surface area contributed by atoms with Crippen LogP contribution in [0.15, 0.2) is 57.7 Å². The second-order valence-electron chi connectivity index (χ2n) is 8.07. The summed E-state index contributed by atoms with van der Waals surface area (Å²) in [5.41, 5.74) is 3.00. The van der Waals surface area contributed by atoms with Crippen molar-refractivity contribution in [2.45, 2.75) is 52.3 Å². The van der Waals surface area contributed by atoms with E-state index in [-0.39, 0.29) is 17.6 Å². The van der Waals surface area contributed by atoms with Crippen LogP contribution in [0, 0.1) is 6.92 Å². The van der Waals surface area contributed by atoms with E-state index in [0.717, 1.165) is 35.0 Å². The lowest BCUT2D eigenvalue weighted by Crippen LogP contribution is -2.51. The molecule has 1 N–H and O–H groups in total. The predicted molar refractivity (Wildman–Crippen MR) is 122 cm³/mol. The fourth-order valence-electron chi connectivity index (χ4n) is 4.05. The fourth-order valence-corrected chi connectivity index (χ4v) is 4.05. The van der Waals surface area contributed by atoms with Gasteiger partial charge in [-0.25, -0.2) is 4.79 Å². The third kappa shape index (κ3) is 4.43. The first kappa shape index (κ1) is 21.0. The second-order valence-corrected chi connectivity index (χ2v) is 8.07. The summed E-state index contributed by atoms with van der Waals surface area (Å²) in [6, 6.07) is 15.2. The molecule has 2 aromatic carbocycles. The maximum absolute atomic E-state index is 12.9. The van der Waals surface area contributed by atoms with Crippen LogP contribution in [0.5, 0.6) is 5.75 Å². The first-order chi connectivity index (χ1) is 15.0. The molecule has 1 aliphatic heterocycles. The van der Waals surface area contributed by atoms with Crippen molar-refractivity contribution < 1.29 is 13.9 Å². The number of anilines is 1. The highest BCUT2D eigenvalue weighted by atomic mass is 16.5. The molecule has 0 spiro atoms. The summed E-state index contributed by atoms with van der Waals surface area (Å²) >= 11 is 0. The van der Waals surface area contributed by atoms with E-state index in [9.17, 15) is 9.59 Å². The summed E-state index contributed by atoms with van der Waals surface area (Å²) < 4.78 is 11.5. The molecule has 1 unspecified atom stereocenters. The van der Waals surface area contributed by atoms with Crippen molar-refractivity contribution in [2.75, 3.05) is 11.4 Å². The molecule has 162 valence electrons. The van der Waals surface area contributed by atoms with Crippen LogP contribution < -0.4 is 20.6 Å². The van der Waals surface area contributed by atoms with Gasteiger partial charge >= 0.3 is 5.63 Å². The highest BCUT2D eigenvalue weighted by molar-refractivity contribution is 5.84. The van der Waals surface area contributed by atoms with Gasteiger partial charge in [-0.1, -0.05) is 38.1 Å². The fraction of sp³-hybridized carbons (Fsp3) is 0.360. The van der Waals surface area contributed by atoms with Crippen molar-refractivity contribution >= 4 is 22.6 Å². The number of ether oxygens (including phenoxy) is 1. The van der Waals surface area contributed by atoms with E-state index < -0.39 is 6.10 Å². The molecule has 3 aromatic rings. The zero-order valence-electron chi connectivity index (χ0n) is 18.2. The SMILES string of the molecule is CCC(CC)NC(=O)C1CN(Cc2cc(=O)oc3cc(C)ccc23)c2ccccc2O1. The third-order valence-corrected chi connectivity index (χ3v) is 5.83. The second kappa shape index (κ2) is 8.84. The average molecular weight is 421 g/mol. The summed E-state index contributed by atoms with van der Waals surface area (Å²) in [6.07, 6.45) is 1.13. The summed E-state index contributed by atoms with van der Waals surface area (Å²) in [5, 5.41) is 3.99. The molecule has 2 heterocycles. The molecule has 6 nitrogen and oxygen atoms in total. The number of carbonyl (C=O) groups is 1. The Hall–Kier alpha value is -3.28. The quantitative estimate of drug-likeness (QED) is 0.606. The standard InChI is InChI=1S/C25H28N2O4/c1-4-18(5-2)26-25(29)23-15-27(20-8-6-7-9-21(20)30-23)14-17-13-24(28)31-22-12-16(3)10-11-19(17)22/h6-13,18,23H,4-5,14-15H2,1-3H3,(H,26,29). The van der Waals surface area contributed by atoms with Gasteiger partial charge in [-0.05, 0) is 49.1 Å². The van der Waals surface area contributed by atoms with E-state index in [1.807, 2.05) is 49.4 Å². The Labute approximate surface area is 181 Å². The Morgan fingerprint density at radius 1 is 1.16 bits per heavy atom. The van der Waals surface area contributed by atoms with Crippen LogP contribution >= 0.6 is 0 Å². The Morgan fingerprint density at radius 3 is 2.71 bits per heavy atom. The zero-order valence-corrected chi connectivity index (χ0v) is 18.2. The summed E-state index contributed by atoms with van der Waals surface area (Å²) in [4.78, 5) is 27.2. The first-order valence-electron chi connectivity index (χ1n) is 10.8. The van der Waals surface area contributed by atoms with Gasteiger partial charge in [-0.3, -0.25) is 4.79 Å². The minimum Gasteiger partial charge on any atom is -0.477 e. The number of amides is 1. The van der Waals surface area contributed by atoms with Gasteiger partial charge < -0.3 is 19.4 Å². The van der Waals surface area contributed by atoms with Crippen molar-refractivity contribution in [3.05, 3.63) is 70.1 Å². The molecule has 6 heteroatoms. The minimum atomic E-state index is -0.621. The van der Waals surface area contributed by atoms with Gasteiger partial charge in [0.25, 0.3) is 5.91 Å². The first-order valence-corrected chi connectivity index (χ1v) is 10.8. The number of hydrogen-bond donors (Lipinski definition) is 1. The molecule has 0 bridgehead atoms. The van der Waals surface area contributed by atoms with Gasteiger partial charge in [-0.15, -0.1) is 0 Å². The smallest absolute Gasteiger partial charge is 0.336 e. The van der Waals surface area contributed by atoms with Crippen molar-refractivity contribution in [1.82, 2.24) is 5.32 Å². The topological polar surface area (TPSA) is 71.8 Å². The predicted octanol–water partition coefficient (Wildman–Crippen LogP) is 4.17. The number of nitrogens with one attached hydrogen (secondary N) is 1. The molecule has 0 fully saturated rings. The van der Waals surface area contributed by atoms with Gasteiger partial charge in [0.2, 0.25) is 0 Å². The number of rotatable bonds is 6. The van der Waals surface area contributed by atoms with Crippen molar-refractivity contribution in [3.63, 3.8) is 0 Å². The van der Waals surface area contributed by atoms with E-state index in [2.05, 4.69) is 24.1 Å². The van der Waals surface area contributed by atoms with Crippen LogP contribution in [0.3, 0.4) is 0 Å². The lowest BCUT2D eigenvalue weighted by atomic mass is 10.1. The average Bonchev–Trinajstić information content (AvgIpc) is 2.76. The minimum absolute atomic E-state index is 0.110. The highest BCUT2D eigenvalue weighted by Gasteiger charge is 2.31. The number of aryl methyl sites for hydroxylation is 1. The van der Waals surface area contributed by atoms with Crippen LogP contribution in [-0.2, 0) is 11.3 Å².